The number of benzene rings is 2. The van der Waals surface area contributed by atoms with Crippen LogP contribution in [0.2, 0.25) is 0 Å². The zero-order valence-corrected chi connectivity index (χ0v) is 19.1. The van der Waals surface area contributed by atoms with E-state index < -0.39 is 0 Å². The molecule has 1 saturated heterocycles. The molecule has 0 bridgehead atoms. The van der Waals surface area contributed by atoms with Crippen molar-refractivity contribution in [2.45, 2.75) is 52.1 Å². The summed E-state index contributed by atoms with van der Waals surface area (Å²) in [5.41, 5.74) is 4.85. The average molecular weight is 422 g/mol. The topological polar surface area (TPSA) is 44.8 Å². The highest BCUT2D eigenvalue weighted by molar-refractivity contribution is 5.95. The fraction of sp³-hybridized carbons (Fsp3) is 0.500. The van der Waals surface area contributed by atoms with Gasteiger partial charge in [0.1, 0.15) is 5.75 Å². The Labute approximate surface area is 186 Å². The maximum absolute atomic E-state index is 13.0. The highest BCUT2D eigenvalue weighted by Gasteiger charge is 2.26. The van der Waals surface area contributed by atoms with Gasteiger partial charge in [-0.25, -0.2) is 0 Å². The van der Waals surface area contributed by atoms with Gasteiger partial charge in [0.25, 0.3) is 0 Å². The predicted molar refractivity (Wildman–Crippen MR) is 126 cm³/mol. The molecule has 1 amide bonds. The Morgan fingerprint density at radius 1 is 1.10 bits per heavy atom. The molecule has 0 aliphatic carbocycles. The van der Waals surface area contributed by atoms with E-state index in [2.05, 4.69) is 53.2 Å². The normalized spacial score (nSPS) is 18.8. The molecule has 1 fully saturated rings. The molecular weight excluding hydrogens is 386 g/mol. The van der Waals surface area contributed by atoms with Crippen LogP contribution in [0.1, 0.15) is 49.8 Å². The second-order valence-electron chi connectivity index (χ2n) is 8.91. The van der Waals surface area contributed by atoms with Gasteiger partial charge in [-0.1, -0.05) is 44.2 Å². The molecule has 4 rings (SSSR count). The first kappa shape index (κ1) is 21.8. The summed E-state index contributed by atoms with van der Waals surface area (Å²) in [4.78, 5) is 17.8. The molecular formula is C26H35N3O2. The molecule has 2 atom stereocenters. The summed E-state index contributed by atoms with van der Waals surface area (Å²) in [5, 5.41) is 3.19. The molecule has 2 heterocycles. The third kappa shape index (κ3) is 5.10. The molecule has 166 valence electrons. The minimum Gasteiger partial charge on any atom is -0.493 e. The Balaban J connectivity index is 1.30. The van der Waals surface area contributed by atoms with Crippen molar-refractivity contribution in [3.63, 3.8) is 0 Å². The number of anilines is 1. The van der Waals surface area contributed by atoms with E-state index in [1.165, 1.54) is 16.7 Å². The Morgan fingerprint density at radius 3 is 2.65 bits per heavy atom. The van der Waals surface area contributed by atoms with E-state index in [-0.39, 0.29) is 11.9 Å². The van der Waals surface area contributed by atoms with E-state index in [4.69, 9.17) is 4.74 Å². The van der Waals surface area contributed by atoms with Gasteiger partial charge in [0.15, 0.2) is 0 Å². The van der Waals surface area contributed by atoms with Gasteiger partial charge in [-0.15, -0.1) is 0 Å². The minimum absolute atomic E-state index is 0.0859. The number of carbonyl (C=O) groups is 1. The molecule has 0 aromatic heterocycles. The zero-order valence-electron chi connectivity index (χ0n) is 19.1. The smallest absolute Gasteiger partial charge is 0.241 e. The fourth-order valence-corrected chi connectivity index (χ4v) is 4.57. The Kier molecular flexibility index (Phi) is 6.93. The molecule has 31 heavy (non-hydrogen) atoms. The van der Waals surface area contributed by atoms with Gasteiger partial charge in [0, 0.05) is 44.8 Å². The molecule has 2 aromatic carbocycles. The van der Waals surface area contributed by atoms with Crippen LogP contribution in [0.25, 0.3) is 0 Å². The predicted octanol–water partition coefficient (Wildman–Crippen LogP) is 4.28. The first-order valence-electron chi connectivity index (χ1n) is 11.7. The summed E-state index contributed by atoms with van der Waals surface area (Å²) in [6.07, 6.45) is 2.07. The van der Waals surface area contributed by atoms with Crippen LogP contribution in [-0.2, 0) is 17.8 Å². The summed E-state index contributed by atoms with van der Waals surface area (Å²) in [6.45, 7) is 12.0. The number of hydrogen-bond donors (Lipinski definition) is 1. The van der Waals surface area contributed by atoms with Gasteiger partial charge in [0.05, 0.1) is 12.6 Å². The summed E-state index contributed by atoms with van der Waals surface area (Å²) in [7, 11) is 0. The van der Waals surface area contributed by atoms with Crippen LogP contribution in [0.15, 0.2) is 42.5 Å². The number of carbonyl (C=O) groups excluding carboxylic acids is 1. The number of rotatable bonds is 7. The summed E-state index contributed by atoms with van der Waals surface area (Å²) in [5.74, 6) is 1.56. The van der Waals surface area contributed by atoms with Crippen LogP contribution in [-0.4, -0.2) is 54.5 Å². The molecule has 0 spiro atoms. The van der Waals surface area contributed by atoms with Gasteiger partial charge in [-0.05, 0) is 48.1 Å². The van der Waals surface area contributed by atoms with E-state index in [9.17, 15) is 4.79 Å². The number of amides is 1. The maximum Gasteiger partial charge on any atom is 0.241 e. The first-order chi connectivity index (χ1) is 15.0. The van der Waals surface area contributed by atoms with Crippen molar-refractivity contribution < 1.29 is 9.53 Å². The van der Waals surface area contributed by atoms with Crippen molar-refractivity contribution >= 4 is 11.6 Å². The van der Waals surface area contributed by atoms with Gasteiger partial charge in [-0.3, -0.25) is 14.6 Å². The van der Waals surface area contributed by atoms with E-state index in [0.717, 1.165) is 63.6 Å². The van der Waals surface area contributed by atoms with Crippen LogP contribution >= 0.6 is 0 Å². The van der Waals surface area contributed by atoms with Crippen LogP contribution in [0.5, 0.6) is 5.75 Å². The lowest BCUT2D eigenvalue weighted by Crippen LogP contribution is -2.52. The highest BCUT2D eigenvalue weighted by Crippen LogP contribution is 2.28. The van der Waals surface area contributed by atoms with Crippen molar-refractivity contribution in [2.75, 3.05) is 38.1 Å². The first-order valence-corrected chi connectivity index (χ1v) is 11.7. The van der Waals surface area contributed by atoms with E-state index in [1.807, 2.05) is 25.1 Å². The van der Waals surface area contributed by atoms with E-state index >= 15 is 0 Å². The number of piperazine rings is 1. The second kappa shape index (κ2) is 9.84. The van der Waals surface area contributed by atoms with Crippen molar-refractivity contribution in [3.8, 4) is 5.75 Å². The molecule has 5 heteroatoms. The third-order valence-corrected chi connectivity index (χ3v) is 6.86. The Morgan fingerprint density at radius 2 is 1.87 bits per heavy atom. The number of hydrogen-bond acceptors (Lipinski definition) is 4. The van der Waals surface area contributed by atoms with Gasteiger partial charge in [0.2, 0.25) is 5.91 Å². The van der Waals surface area contributed by atoms with Crippen LogP contribution < -0.4 is 10.1 Å². The summed E-state index contributed by atoms with van der Waals surface area (Å²) < 4.78 is 5.62. The second-order valence-corrected chi connectivity index (χ2v) is 8.91. The molecule has 2 aliphatic rings. The summed E-state index contributed by atoms with van der Waals surface area (Å²) >= 11 is 0. The number of ether oxygens (including phenoxy) is 1. The Bertz CT molecular complexity index is 905. The minimum atomic E-state index is -0.135. The number of nitrogens with one attached hydrogen (secondary N) is 1. The van der Waals surface area contributed by atoms with Crippen LogP contribution in [0.4, 0.5) is 5.69 Å². The monoisotopic (exact) mass is 421 g/mol. The molecule has 5 nitrogen and oxygen atoms in total. The van der Waals surface area contributed by atoms with Gasteiger partial charge < -0.3 is 10.1 Å². The third-order valence-electron chi connectivity index (χ3n) is 6.86. The average Bonchev–Trinajstić information content (AvgIpc) is 3.27. The molecule has 0 saturated carbocycles. The number of para-hydroxylation sites is 1. The molecule has 2 aromatic rings. The molecule has 1 N–H and O–H groups in total. The number of nitrogens with zero attached hydrogens (tertiary/aromatic N) is 2. The van der Waals surface area contributed by atoms with Crippen molar-refractivity contribution in [3.05, 3.63) is 59.2 Å². The van der Waals surface area contributed by atoms with Crippen molar-refractivity contribution in [1.82, 2.24) is 9.80 Å². The largest absolute Gasteiger partial charge is 0.493 e. The standard InChI is InChI=1S/C26H35N3O2/c1-4-19(2)23-7-5-6-8-24(23)27-26(30)20(3)29-14-12-28(13-15-29)18-21-9-10-25-22(17-21)11-16-31-25/h5-10,17,19-20H,4,11-16,18H2,1-3H3,(H,27,30)/t19-,20-/m1/s1. The lowest BCUT2D eigenvalue weighted by atomic mass is 9.97. The zero-order chi connectivity index (χ0) is 21.8. The maximum atomic E-state index is 13.0. The molecule has 0 radical (unpaired) electrons. The van der Waals surface area contributed by atoms with Crippen LogP contribution in [0, 0.1) is 0 Å². The molecule has 2 aliphatic heterocycles. The van der Waals surface area contributed by atoms with Crippen molar-refractivity contribution in [2.24, 2.45) is 0 Å². The lowest BCUT2D eigenvalue weighted by molar-refractivity contribution is -0.121. The van der Waals surface area contributed by atoms with Crippen molar-refractivity contribution in [1.29, 1.82) is 0 Å². The van der Waals surface area contributed by atoms with Gasteiger partial charge >= 0.3 is 0 Å². The highest BCUT2D eigenvalue weighted by atomic mass is 16.5. The fourth-order valence-electron chi connectivity index (χ4n) is 4.57. The van der Waals surface area contributed by atoms with Gasteiger partial charge in [-0.2, -0.15) is 0 Å². The molecule has 0 unspecified atom stereocenters. The van der Waals surface area contributed by atoms with E-state index in [0.29, 0.717) is 5.92 Å². The lowest BCUT2D eigenvalue weighted by Gasteiger charge is -2.37. The summed E-state index contributed by atoms with van der Waals surface area (Å²) in [6, 6.07) is 14.6. The quantitative estimate of drug-likeness (QED) is 0.725. The number of fused-ring (bicyclic) bond motifs is 1. The van der Waals surface area contributed by atoms with Crippen LogP contribution in [0.3, 0.4) is 0 Å². The van der Waals surface area contributed by atoms with E-state index in [1.54, 1.807) is 0 Å². The SMILES string of the molecule is CC[C@@H](C)c1ccccc1NC(=O)[C@@H](C)N1CCN(Cc2ccc3c(c2)CCO3)CC1. The Hall–Kier alpha value is -2.37.